The molecule has 11 heteroatoms. The molecule has 0 spiro atoms. The summed E-state index contributed by atoms with van der Waals surface area (Å²) in [6, 6.07) is 14.1. The van der Waals surface area contributed by atoms with Crippen LogP contribution in [-0.4, -0.2) is 35.3 Å². The van der Waals surface area contributed by atoms with Crippen molar-refractivity contribution in [1.29, 1.82) is 10.7 Å². The molecule has 1 atom stereocenters. The number of nitrogens with two attached hydrogens (primary N) is 1. The molecular formula is C27H29N7O4. The number of aromatic nitrogens is 1. The van der Waals surface area contributed by atoms with Gasteiger partial charge in [-0.05, 0) is 68.8 Å². The van der Waals surface area contributed by atoms with E-state index < -0.39 is 17.9 Å². The summed E-state index contributed by atoms with van der Waals surface area (Å²) in [5.74, 6) is -0.335. The van der Waals surface area contributed by atoms with Crippen LogP contribution in [0.1, 0.15) is 53.9 Å². The quantitative estimate of drug-likeness (QED) is 0.155. The van der Waals surface area contributed by atoms with Crippen molar-refractivity contribution in [1.82, 2.24) is 15.8 Å². The van der Waals surface area contributed by atoms with Crippen LogP contribution in [0.2, 0.25) is 0 Å². The van der Waals surface area contributed by atoms with Gasteiger partial charge in [0.05, 0.1) is 23.8 Å². The molecule has 1 unspecified atom stereocenters. The highest BCUT2D eigenvalue weighted by Crippen LogP contribution is 2.33. The Morgan fingerprint density at radius 2 is 1.84 bits per heavy atom. The standard InChI is InChI=1S/C27H29N7O4/c1-4-37-23-13-18(7-10-22(23)38-16(2)3)24(32-20-8-5-17(6-9-20)25(29)30)27(36)34-33-26(35)21-11-12-31-15-19(21)14-28/h5-13,15-16,24,32H,4H2,1-3H3,(H3,29,30)(H,33,35)(H,34,36). The summed E-state index contributed by atoms with van der Waals surface area (Å²) in [4.78, 5) is 29.8. The van der Waals surface area contributed by atoms with Crippen LogP contribution in [0.5, 0.6) is 11.5 Å². The minimum Gasteiger partial charge on any atom is -0.490 e. The first kappa shape index (κ1) is 27.5. The first-order valence-electron chi connectivity index (χ1n) is 11.8. The molecule has 3 rings (SSSR count). The second kappa shape index (κ2) is 12.7. The number of hydrazine groups is 1. The van der Waals surface area contributed by atoms with Gasteiger partial charge >= 0.3 is 0 Å². The van der Waals surface area contributed by atoms with Gasteiger partial charge in [0.1, 0.15) is 17.9 Å². The largest absolute Gasteiger partial charge is 0.490 e. The van der Waals surface area contributed by atoms with E-state index in [0.29, 0.717) is 34.9 Å². The summed E-state index contributed by atoms with van der Waals surface area (Å²) in [6.07, 6.45) is 2.56. The van der Waals surface area contributed by atoms with Crippen LogP contribution in [0.15, 0.2) is 60.9 Å². The molecule has 0 bridgehead atoms. The van der Waals surface area contributed by atoms with E-state index >= 15 is 0 Å². The number of amidine groups is 1. The number of carbonyl (C=O) groups excluding carboxylic acids is 2. The van der Waals surface area contributed by atoms with Gasteiger partial charge in [-0.15, -0.1) is 0 Å². The van der Waals surface area contributed by atoms with Crippen molar-refractivity contribution in [3.8, 4) is 17.6 Å². The Kier molecular flexibility index (Phi) is 9.21. The van der Waals surface area contributed by atoms with Crippen LogP contribution < -0.4 is 31.4 Å². The third-order valence-electron chi connectivity index (χ3n) is 5.22. The molecule has 6 N–H and O–H groups in total. The van der Waals surface area contributed by atoms with Gasteiger partial charge in [0, 0.05) is 23.6 Å². The molecule has 196 valence electrons. The van der Waals surface area contributed by atoms with E-state index in [2.05, 4.69) is 21.2 Å². The van der Waals surface area contributed by atoms with Gasteiger partial charge in [-0.1, -0.05) is 6.07 Å². The third-order valence-corrected chi connectivity index (χ3v) is 5.22. The maximum Gasteiger partial charge on any atom is 0.271 e. The van der Waals surface area contributed by atoms with Crippen LogP contribution >= 0.6 is 0 Å². The number of amides is 2. The molecule has 1 aromatic heterocycles. The predicted molar refractivity (Wildman–Crippen MR) is 142 cm³/mol. The van der Waals surface area contributed by atoms with Crippen molar-refractivity contribution in [2.45, 2.75) is 32.9 Å². The van der Waals surface area contributed by atoms with Crippen LogP contribution in [-0.2, 0) is 4.79 Å². The monoisotopic (exact) mass is 515 g/mol. The number of nitrogens with one attached hydrogen (secondary N) is 4. The highest BCUT2D eigenvalue weighted by atomic mass is 16.5. The first-order valence-corrected chi connectivity index (χ1v) is 11.8. The fourth-order valence-corrected chi connectivity index (χ4v) is 3.48. The van der Waals surface area contributed by atoms with Crippen LogP contribution in [0.4, 0.5) is 5.69 Å². The predicted octanol–water partition coefficient (Wildman–Crippen LogP) is 3.04. The lowest BCUT2D eigenvalue weighted by Crippen LogP contribution is -2.45. The van der Waals surface area contributed by atoms with Gasteiger partial charge in [0.15, 0.2) is 11.5 Å². The normalized spacial score (nSPS) is 11.1. The Hall–Kier alpha value is -5.11. The summed E-state index contributed by atoms with van der Waals surface area (Å²) in [5.41, 5.74) is 12.1. The number of pyridine rings is 1. The number of ether oxygens (including phenoxy) is 2. The first-order chi connectivity index (χ1) is 18.2. The van der Waals surface area contributed by atoms with E-state index in [1.807, 2.05) is 26.8 Å². The molecular weight excluding hydrogens is 486 g/mol. The number of anilines is 1. The zero-order valence-electron chi connectivity index (χ0n) is 21.2. The second-order valence-corrected chi connectivity index (χ2v) is 8.35. The number of nitrogen functional groups attached to an aromatic ring is 1. The average Bonchev–Trinajstić information content (AvgIpc) is 2.91. The molecule has 2 amide bonds. The van der Waals surface area contributed by atoms with Crippen molar-refractivity contribution in [2.24, 2.45) is 5.73 Å². The van der Waals surface area contributed by atoms with Gasteiger partial charge in [-0.3, -0.25) is 30.8 Å². The zero-order valence-corrected chi connectivity index (χ0v) is 21.2. The Labute approximate surface area is 220 Å². The SMILES string of the molecule is CCOc1cc(C(Nc2ccc(C(=N)N)cc2)C(=O)NNC(=O)c2ccncc2C#N)ccc1OC(C)C. The molecule has 0 radical (unpaired) electrons. The summed E-state index contributed by atoms with van der Waals surface area (Å²) in [6.45, 7) is 6.03. The van der Waals surface area contributed by atoms with E-state index in [1.165, 1.54) is 18.5 Å². The van der Waals surface area contributed by atoms with E-state index in [9.17, 15) is 14.9 Å². The third kappa shape index (κ3) is 6.98. The Bertz CT molecular complexity index is 1350. The van der Waals surface area contributed by atoms with Crippen LogP contribution in [0, 0.1) is 16.7 Å². The highest BCUT2D eigenvalue weighted by Gasteiger charge is 2.24. The number of nitriles is 1. The molecule has 0 aliphatic carbocycles. The molecule has 38 heavy (non-hydrogen) atoms. The molecule has 11 nitrogen and oxygen atoms in total. The van der Waals surface area contributed by atoms with Crippen LogP contribution in [0.25, 0.3) is 0 Å². The Morgan fingerprint density at radius 3 is 2.47 bits per heavy atom. The molecule has 3 aromatic rings. The number of rotatable bonds is 10. The molecule has 0 saturated carbocycles. The Balaban J connectivity index is 1.90. The number of hydrogen-bond donors (Lipinski definition) is 5. The van der Waals surface area contributed by atoms with Gasteiger partial charge in [-0.25, -0.2) is 0 Å². The molecule has 0 aliphatic heterocycles. The number of benzene rings is 2. The van der Waals surface area contributed by atoms with E-state index in [1.54, 1.807) is 42.5 Å². The molecule has 0 aliphatic rings. The fraction of sp³-hybridized carbons (Fsp3) is 0.222. The topological polar surface area (TPSA) is 175 Å². The average molecular weight is 516 g/mol. The lowest BCUT2D eigenvalue weighted by molar-refractivity contribution is -0.122. The molecule has 0 fully saturated rings. The molecule has 1 heterocycles. The van der Waals surface area contributed by atoms with Crippen molar-refractivity contribution in [2.75, 3.05) is 11.9 Å². The lowest BCUT2D eigenvalue weighted by atomic mass is 10.0. The maximum atomic E-state index is 13.4. The number of hydrogen-bond acceptors (Lipinski definition) is 8. The summed E-state index contributed by atoms with van der Waals surface area (Å²) < 4.78 is 11.6. The zero-order chi connectivity index (χ0) is 27.7. The lowest BCUT2D eigenvalue weighted by Gasteiger charge is -2.22. The van der Waals surface area contributed by atoms with Crippen molar-refractivity contribution < 1.29 is 19.1 Å². The van der Waals surface area contributed by atoms with Crippen molar-refractivity contribution in [3.63, 3.8) is 0 Å². The maximum absolute atomic E-state index is 13.4. The highest BCUT2D eigenvalue weighted by molar-refractivity contribution is 5.98. The van der Waals surface area contributed by atoms with Crippen molar-refractivity contribution >= 4 is 23.3 Å². The second-order valence-electron chi connectivity index (χ2n) is 8.35. The summed E-state index contributed by atoms with van der Waals surface area (Å²) >= 11 is 0. The van der Waals surface area contributed by atoms with Gasteiger partial charge in [0.2, 0.25) is 0 Å². The van der Waals surface area contributed by atoms with E-state index in [4.69, 9.17) is 20.6 Å². The van der Waals surface area contributed by atoms with Crippen LogP contribution in [0.3, 0.4) is 0 Å². The Morgan fingerprint density at radius 1 is 1.11 bits per heavy atom. The minimum atomic E-state index is -0.973. The minimum absolute atomic E-state index is 0.0703. The van der Waals surface area contributed by atoms with Crippen molar-refractivity contribution in [3.05, 3.63) is 83.2 Å². The molecule has 0 saturated heterocycles. The number of carbonyl (C=O) groups is 2. The summed E-state index contributed by atoms with van der Waals surface area (Å²) in [5, 5.41) is 20.0. The van der Waals surface area contributed by atoms with Gasteiger partial charge < -0.3 is 20.5 Å². The van der Waals surface area contributed by atoms with Gasteiger partial charge in [0.25, 0.3) is 11.8 Å². The number of nitrogens with zero attached hydrogens (tertiary/aromatic N) is 2. The molecule has 2 aromatic carbocycles. The smallest absolute Gasteiger partial charge is 0.271 e. The van der Waals surface area contributed by atoms with E-state index in [-0.39, 0.29) is 23.1 Å². The van der Waals surface area contributed by atoms with Gasteiger partial charge in [-0.2, -0.15) is 5.26 Å². The van der Waals surface area contributed by atoms with E-state index in [0.717, 1.165) is 0 Å². The fourth-order valence-electron chi connectivity index (χ4n) is 3.48. The summed E-state index contributed by atoms with van der Waals surface area (Å²) in [7, 11) is 0.